The Hall–Kier alpha value is -4.08. The molecule has 0 saturated carbocycles. The standard InChI is InChI=1S/C28H29ClN6O3/c1-2-38-27(37)24(16-13-19-7-4-3-5-8-19)30-25(26(36)31-28-32-34-35-33-28)17-20-11-14-21(15-12-20)22-9-6-10-23(29)18-22/h3-12,14-15,18,24-25,30H,2,13,16-17H2,1H3,(H2,31,32,33,34,35,36)/t24?,25-/m0/s1. The SMILES string of the molecule is CCOC(=O)C(CCc1ccccc1)N[C@@H](Cc1ccc(-c2cccc(Cl)c2)cc1)C(=O)Nc1nn[nH]n1. The van der Waals surface area contributed by atoms with Gasteiger partial charge in [0.2, 0.25) is 5.91 Å². The van der Waals surface area contributed by atoms with Crippen LogP contribution in [0.15, 0.2) is 78.9 Å². The number of aryl methyl sites for hydroxylation is 1. The Labute approximate surface area is 226 Å². The molecule has 1 amide bonds. The fourth-order valence-electron chi connectivity index (χ4n) is 4.09. The van der Waals surface area contributed by atoms with E-state index in [-0.39, 0.29) is 18.5 Å². The van der Waals surface area contributed by atoms with Crippen molar-refractivity contribution in [1.29, 1.82) is 0 Å². The number of benzene rings is 3. The molecule has 0 saturated heterocycles. The number of esters is 1. The van der Waals surface area contributed by atoms with Gasteiger partial charge in [-0.05, 0) is 65.8 Å². The lowest BCUT2D eigenvalue weighted by Gasteiger charge is -2.24. The normalized spacial score (nSPS) is 12.5. The van der Waals surface area contributed by atoms with Gasteiger partial charge >= 0.3 is 5.97 Å². The van der Waals surface area contributed by atoms with Crippen LogP contribution in [0.3, 0.4) is 0 Å². The van der Waals surface area contributed by atoms with Crippen LogP contribution in [-0.4, -0.2) is 51.2 Å². The summed E-state index contributed by atoms with van der Waals surface area (Å²) < 4.78 is 5.32. The second-order valence-corrected chi connectivity index (χ2v) is 9.12. The molecular formula is C28H29ClN6O3. The summed E-state index contributed by atoms with van der Waals surface area (Å²) in [5.74, 6) is -0.744. The molecule has 0 spiro atoms. The molecule has 0 fully saturated rings. The molecule has 0 aliphatic rings. The smallest absolute Gasteiger partial charge is 0.323 e. The second kappa shape index (κ2) is 13.5. The van der Waals surface area contributed by atoms with E-state index < -0.39 is 18.1 Å². The number of carbonyl (C=O) groups excluding carboxylic acids is 2. The van der Waals surface area contributed by atoms with E-state index in [2.05, 4.69) is 31.3 Å². The van der Waals surface area contributed by atoms with Crippen molar-refractivity contribution in [3.63, 3.8) is 0 Å². The fourth-order valence-corrected chi connectivity index (χ4v) is 4.28. The third kappa shape index (κ3) is 7.71. The Morgan fingerprint density at radius 3 is 2.42 bits per heavy atom. The Kier molecular flexibility index (Phi) is 9.55. The first kappa shape index (κ1) is 27.0. The lowest BCUT2D eigenvalue weighted by molar-refractivity contribution is -0.146. The van der Waals surface area contributed by atoms with E-state index in [1.54, 1.807) is 6.92 Å². The number of amides is 1. The van der Waals surface area contributed by atoms with Crippen LogP contribution in [0.2, 0.25) is 5.02 Å². The van der Waals surface area contributed by atoms with Gasteiger partial charge in [0.15, 0.2) is 0 Å². The molecule has 2 atom stereocenters. The van der Waals surface area contributed by atoms with E-state index in [0.717, 1.165) is 22.3 Å². The van der Waals surface area contributed by atoms with Gasteiger partial charge in [-0.15, -0.1) is 5.10 Å². The Bertz CT molecular complexity index is 1320. The first-order valence-corrected chi connectivity index (χ1v) is 12.8. The topological polar surface area (TPSA) is 122 Å². The number of nitrogens with one attached hydrogen (secondary N) is 3. The summed E-state index contributed by atoms with van der Waals surface area (Å²) in [4.78, 5) is 26.1. The average Bonchev–Trinajstić information content (AvgIpc) is 3.44. The largest absolute Gasteiger partial charge is 0.465 e. The van der Waals surface area contributed by atoms with Gasteiger partial charge in [0.05, 0.1) is 12.6 Å². The molecule has 0 aliphatic carbocycles. The molecule has 1 unspecified atom stereocenters. The maximum Gasteiger partial charge on any atom is 0.323 e. The monoisotopic (exact) mass is 532 g/mol. The van der Waals surface area contributed by atoms with Crippen molar-refractivity contribution < 1.29 is 14.3 Å². The first-order chi connectivity index (χ1) is 18.5. The molecule has 0 bridgehead atoms. The Balaban J connectivity index is 1.53. The van der Waals surface area contributed by atoms with Crippen LogP contribution in [0.1, 0.15) is 24.5 Å². The zero-order valence-corrected chi connectivity index (χ0v) is 21.7. The number of ether oxygens (including phenoxy) is 1. The lowest BCUT2D eigenvalue weighted by Crippen LogP contribution is -2.51. The van der Waals surface area contributed by atoms with Crippen LogP contribution in [0.4, 0.5) is 5.95 Å². The van der Waals surface area contributed by atoms with Crippen LogP contribution in [-0.2, 0) is 27.2 Å². The minimum atomic E-state index is -0.768. The van der Waals surface area contributed by atoms with Crippen LogP contribution in [0.5, 0.6) is 0 Å². The molecular weight excluding hydrogens is 504 g/mol. The highest BCUT2D eigenvalue weighted by atomic mass is 35.5. The van der Waals surface area contributed by atoms with E-state index in [4.69, 9.17) is 16.3 Å². The van der Waals surface area contributed by atoms with Gasteiger partial charge in [-0.2, -0.15) is 5.21 Å². The summed E-state index contributed by atoms with van der Waals surface area (Å²) in [6, 6.07) is 23.9. The van der Waals surface area contributed by atoms with E-state index in [9.17, 15) is 9.59 Å². The molecule has 4 aromatic rings. The van der Waals surface area contributed by atoms with Crippen molar-refractivity contribution in [2.75, 3.05) is 11.9 Å². The van der Waals surface area contributed by atoms with Crippen LogP contribution in [0, 0.1) is 0 Å². The Morgan fingerprint density at radius 2 is 1.74 bits per heavy atom. The first-order valence-electron chi connectivity index (χ1n) is 12.4. The molecule has 38 heavy (non-hydrogen) atoms. The minimum absolute atomic E-state index is 0.0510. The zero-order valence-electron chi connectivity index (χ0n) is 20.9. The van der Waals surface area contributed by atoms with Crippen LogP contribution < -0.4 is 10.6 Å². The van der Waals surface area contributed by atoms with Crippen LogP contribution >= 0.6 is 11.6 Å². The summed E-state index contributed by atoms with van der Waals surface area (Å²) in [5.41, 5.74) is 4.00. The highest BCUT2D eigenvalue weighted by Crippen LogP contribution is 2.23. The third-order valence-corrected chi connectivity index (χ3v) is 6.22. The Morgan fingerprint density at radius 1 is 0.947 bits per heavy atom. The number of halogens is 1. The van der Waals surface area contributed by atoms with Crippen molar-refractivity contribution in [2.45, 2.75) is 38.3 Å². The predicted molar refractivity (Wildman–Crippen MR) is 146 cm³/mol. The van der Waals surface area contributed by atoms with Gasteiger partial charge in [0, 0.05) is 5.02 Å². The maximum atomic E-state index is 13.3. The number of anilines is 1. The maximum absolute atomic E-state index is 13.3. The summed E-state index contributed by atoms with van der Waals surface area (Å²) in [7, 11) is 0. The fraction of sp³-hybridized carbons (Fsp3) is 0.250. The van der Waals surface area contributed by atoms with Gasteiger partial charge in [-0.1, -0.05) is 83.4 Å². The molecule has 4 rings (SSSR count). The number of aromatic amines is 1. The zero-order chi connectivity index (χ0) is 26.7. The summed E-state index contributed by atoms with van der Waals surface area (Å²) >= 11 is 6.14. The predicted octanol–water partition coefficient (Wildman–Crippen LogP) is 4.22. The van der Waals surface area contributed by atoms with Crippen molar-refractivity contribution in [2.24, 2.45) is 0 Å². The quantitative estimate of drug-likeness (QED) is 0.233. The van der Waals surface area contributed by atoms with Gasteiger partial charge in [0.25, 0.3) is 5.95 Å². The number of nitrogens with zero attached hydrogens (tertiary/aromatic N) is 3. The van der Waals surface area contributed by atoms with Crippen molar-refractivity contribution >= 4 is 29.4 Å². The second-order valence-electron chi connectivity index (χ2n) is 8.68. The van der Waals surface area contributed by atoms with E-state index in [1.807, 2.05) is 78.9 Å². The highest BCUT2D eigenvalue weighted by Gasteiger charge is 2.28. The number of hydrogen-bond acceptors (Lipinski definition) is 7. The number of tetrazole rings is 1. The summed E-state index contributed by atoms with van der Waals surface area (Å²) in [5, 5.41) is 20.0. The highest BCUT2D eigenvalue weighted by molar-refractivity contribution is 6.30. The number of rotatable bonds is 12. The molecule has 10 heteroatoms. The molecule has 0 radical (unpaired) electrons. The molecule has 3 aromatic carbocycles. The van der Waals surface area contributed by atoms with Gasteiger partial charge in [0.1, 0.15) is 6.04 Å². The number of carbonyl (C=O) groups is 2. The minimum Gasteiger partial charge on any atom is -0.465 e. The molecule has 196 valence electrons. The van der Waals surface area contributed by atoms with Gasteiger partial charge < -0.3 is 4.74 Å². The van der Waals surface area contributed by atoms with Gasteiger partial charge in [-0.25, -0.2) is 0 Å². The average molecular weight is 533 g/mol. The van der Waals surface area contributed by atoms with Crippen molar-refractivity contribution in [3.05, 3.63) is 95.0 Å². The molecule has 3 N–H and O–H groups in total. The molecule has 9 nitrogen and oxygen atoms in total. The number of hydrogen-bond donors (Lipinski definition) is 3. The summed E-state index contributed by atoms with van der Waals surface area (Å²) in [6.45, 7) is 2.00. The lowest BCUT2D eigenvalue weighted by atomic mass is 9.99. The van der Waals surface area contributed by atoms with E-state index >= 15 is 0 Å². The van der Waals surface area contributed by atoms with Crippen molar-refractivity contribution in [3.8, 4) is 11.1 Å². The molecule has 1 heterocycles. The molecule has 1 aromatic heterocycles. The van der Waals surface area contributed by atoms with Crippen molar-refractivity contribution in [1.82, 2.24) is 25.9 Å². The number of H-pyrrole nitrogens is 1. The molecule has 0 aliphatic heterocycles. The van der Waals surface area contributed by atoms with E-state index in [1.165, 1.54) is 0 Å². The van der Waals surface area contributed by atoms with Crippen LogP contribution in [0.25, 0.3) is 11.1 Å². The van der Waals surface area contributed by atoms with Gasteiger partial charge in [-0.3, -0.25) is 20.2 Å². The summed E-state index contributed by atoms with van der Waals surface area (Å²) in [6.07, 6.45) is 1.42. The van der Waals surface area contributed by atoms with E-state index in [0.29, 0.717) is 24.3 Å². The third-order valence-electron chi connectivity index (χ3n) is 5.99. The number of aromatic nitrogens is 4.